The van der Waals surface area contributed by atoms with Gasteiger partial charge >= 0.3 is 11.9 Å². The van der Waals surface area contributed by atoms with E-state index in [9.17, 15) is 9.59 Å². The number of aliphatic carboxylic acids is 1. The van der Waals surface area contributed by atoms with Gasteiger partial charge in [-0.05, 0) is 11.6 Å². The van der Waals surface area contributed by atoms with Crippen molar-refractivity contribution < 1.29 is 24.5 Å². The zero-order valence-corrected chi connectivity index (χ0v) is 7.84. The minimum atomic E-state index is -1.08. The average molecular weight is 210 g/mol. The van der Waals surface area contributed by atoms with Crippen molar-refractivity contribution in [2.45, 2.75) is 6.61 Å². The zero-order valence-electron chi connectivity index (χ0n) is 7.84. The van der Waals surface area contributed by atoms with E-state index in [1.54, 1.807) is 18.2 Å². The topological polar surface area (TPSA) is 83.8 Å². The van der Waals surface area contributed by atoms with Crippen LogP contribution in [0, 0.1) is 0 Å². The molecule has 2 N–H and O–H groups in total. The van der Waals surface area contributed by atoms with Crippen molar-refractivity contribution in [3.05, 3.63) is 35.4 Å². The second kappa shape index (κ2) is 5.11. The minimum absolute atomic E-state index is 0.0191. The Hall–Kier alpha value is -1.88. The SMILES string of the molecule is O=C(O)COCc1ccccc1C(=O)O. The standard InChI is InChI=1S/C10H10O5/c11-9(12)6-15-5-7-3-1-2-4-8(7)10(13)14/h1-4H,5-6H2,(H,11,12)(H,13,14). The van der Waals surface area contributed by atoms with E-state index in [0.29, 0.717) is 5.56 Å². The summed E-state index contributed by atoms with van der Waals surface area (Å²) in [6.45, 7) is -0.456. The third kappa shape index (κ3) is 3.40. The number of hydrogen-bond donors (Lipinski definition) is 2. The summed E-state index contributed by atoms with van der Waals surface area (Å²) >= 11 is 0. The molecule has 0 atom stereocenters. The smallest absolute Gasteiger partial charge is 0.336 e. The summed E-state index contributed by atoms with van der Waals surface area (Å²) in [4.78, 5) is 20.9. The van der Waals surface area contributed by atoms with Gasteiger partial charge in [0.25, 0.3) is 0 Å². The van der Waals surface area contributed by atoms with Gasteiger partial charge in [-0.1, -0.05) is 18.2 Å². The summed E-state index contributed by atoms with van der Waals surface area (Å²) in [5, 5.41) is 17.1. The van der Waals surface area contributed by atoms with Crippen LogP contribution in [-0.2, 0) is 16.1 Å². The number of rotatable bonds is 5. The van der Waals surface area contributed by atoms with Gasteiger partial charge in [-0.2, -0.15) is 0 Å². The number of hydrogen-bond acceptors (Lipinski definition) is 3. The van der Waals surface area contributed by atoms with Crippen LogP contribution in [0.3, 0.4) is 0 Å². The maximum absolute atomic E-state index is 10.7. The molecule has 0 saturated heterocycles. The molecule has 1 aromatic rings. The van der Waals surface area contributed by atoms with E-state index in [2.05, 4.69) is 0 Å². The second-order valence-corrected chi connectivity index (χ2v) is 2.85. The quantitative estimate of drug-likeness (QED) is 0.756. The normalized spacial score (nSPS) is 9.87. The second-order valence-electron chi connectivity index (χ2n) is 2.85. The van der Waals surface area contributed by atoms with E-state index in [4.69, 9.17) is 14.9 Å². The van der Waals surface area contributed by atoms with E-state index < -0.39 is 18.5 Å². The fourth-order valence-corrected chi connectivity index (χ4v) is 1.10. The Kier molecular flexibility index (Phi) is 3.82. The summed E-state index contributed by atoms with van der Waals surface area (Å²) in [6, 6.07) is 6.31. The molecule has 0 aromatic heterocycles. The maximum Gasteiger partial charge on any atom is 0.336 e. The summed E-state index contributed by atoms with van der Waals surface area (Å²) < 4.78 is 4.81. The first-order valence-electron chi connectivity index (χ1n) is 4.22. The van der Waals surface area contributed by atoms with E-state index >= 15 is 0 Å². The third-order valence-electron chi connectivity index (χ3n) is 1.73. The van der Waals surface area contributed by atoms with E-state index in [1.807, 2.05) is 0 Å². The van der Waals surface area contributed by atoms with Gasteiger partial charge in [0.05, 0.1) is 12.2 Å². The molecule has 0 aliphatic carbocycles. The number of ether oxygens (including phenoxy) is 1. The first-order chi connectivity index (χ1) is 7.11. The molecule has 0 unspecified atom stereocenters. The summed E-state index contributed by atoms with van der Waals surface area (Å²) in [7, 11) is 0. The highest BCUT2D eigenvalue weighted by molar-refractivity contribution is 5.89. The minimum Gasteiger partial charge on any atom is -0.480 e. The fourth-order valence-electron chi connectivity index (χ4n) is 1.10. The Morgan fingerprint density at radius 2 is 1.87 bits per heavy atom. The van der Waals surface area contributed by atoms with Crippen LogP contribution in [0.1, 0.15) is 15.9 Å². The van der Waals surface area contributed by atoms with Gasteiger partial charge in [0.2, 0.25) is 0 Å². The van der Waals surface area contributed by atoms with Gasteiger partial charge < -0.3 is 14.9 Å². The highest BCUT2D eigenvalue weighted by Crippen LogP contribution is 2.09. The van der Waals surface area contributed by atoms with Gasteiger partial charge in [-0.15, -0.1) is 0 Å². The summed E-state index contributed by atoms with van der Waals surface area (Å²) in [5.74, 6) is -2.13. The molecule has 0 amide bonds. The molecule has 0 aliphatic rings. The lowest BCUT2D eigenvalue weighted by Crippen LogP contribution is -2.09. The van der Waals surface area contributed by atoms with Crippen LogP contribution in [0.2, 0.25) is 0 Å². The zero-order chi connectivity index (χ0) is 11.3. The van der Waals surface area contributed by atoms with Crippen molar-refractivity contribution >= 4 is 11.9 Å². The van der Waals surface area contributed by atoms with Crippen molar-refractivity contribution in [1.82, 2.24) is 0 Å². The molecule has 0 saturated carbocycles. The Labute approximate surface area is 85.9 Å². The molecule has 1 aromatic carbocycles. The lowest BCUT2D eigenvalue weighted by atomic mass is 10.1. The van der Waals surface area contributed by atoms with Gasteiger partial charge in [0.15, 0.2) is 0 Å². The maximum atomic E-state index is 10.7. The molecule has 0 radical (unpaired) electrons. The summed E-state index contributed by atoms with van der Waals surface area (Å²) in [6.07, 6.45) is 0. The monoisotopic (exact) mass is 210 g/mol. The highest BCUT2D eigenvalue weighted by Gasteiger charge is 2.09. The molecule has 1 rings (SSSR count). The van der Waals surface area contributed by atoms with E-state index in [-0.39, 0.29) is 12.2 Å². The molecule has 5 nitrogen and oxygen atoms in total. The van der Waals surface area contributed by atoms with Crippen LogP contribution in [0.4, 0.5) is 0 Å². The van der Waals surface area contributed by atoms with Gasteiger partial charge in [-0.25, -0.2) is 9.59 Å². The lowest BCUT2D eigenvalue weighted by molar-refractivity contribution is -0.142. The van der Waals surface area contributed by atoms with Crippen LogP contribution >= 0.6 is 0 Å². The predicted molar refractivity (Wildman–Crippen MR) is 50.7 cm³/mol. The first-order valence-corrected chi connectivity index (χ1v) is 4.22. The molecule has 15 heavy (non-hydrogen) atoms. The Morgan fingerprint density at radius 1 is 1.20 bits per heavy atom. The number of carboxylic acid groups (broad SMARTS) is 2. The molecule has 80 valence electrons. The van der Waals surface area contributed by atoms with Crippen molar-refractivity contribution in [3.63, 3.8) is 0 Å². The molecule has 0 spiro atoms. The Balaban J connectivity index is 2.67. The predicted octanol–water partition coefficient (Wildman–Crippen LogP) is 0.986. The van der Waals surface area contributed by atoms with E-state index in [0.717, 1.165) is 0 Å². The number of benzene rings is 1. The highest BCUT2D eigenvalue weighted by atomic mass is 16.5. The number of carboxylic acids is 2. The summed E-state index contributed by atoms with van der Waals surface area (Å²) in [5.41, 5.74) is 0.592. The van der Waals surface area contributed by atoms with Crippen LogP contribution in [0.15, 0.2) is 24.3 Å². The first kappa shape index (κ1) is 11.2. The lowest BCUT2D eigenvalue weighted by Gasteiger charge is -2.05. The van der Waals surface area contributed by atoms with E-state index in [1.165, 1.54) is 6.07 Å². The van der Waals surface area contributed by atoms with Crippen LogP contribution in [-0.4, -0.2) is 28.8 Å². The van der Waals surface area contributed by atoms with Crippen molar-refractivity contribution in [2.75, 3.05) is 6.61 Å². The average Bonchev–Trinajstić information content (AvgIpc) is 2.17. The van der Waals surface area contributed by atoms with Gasteiger partial charge in [0.1, 0.15) is 6.61 Å². The van der Waals surface area contributed by atoms with Crippen LogP contribution in [0.25, 0.3) is 0 Å². The third-order valence-corrected chi connectivity index (χ3v) is 1.73. The largest absolute Gasteiger partial charge is 0.480 e. The fraction of sp³-hybridized carbons (Fsp3) is 0.200. The number of carbonyl (C=O) groups is 2. The Morgan fingerprint density at radius 3 is 2.47 bits per heavy atom. The van der Waals surface area contributed by atoms with Gasteiger partial charge in [0, 0.05) is 0 Å². The number of aromatic carboxylic acids is 1. The molecule has 5 heteroatoms. The van der Waals surface area contributed by atoms with Crippen molar-refractivity contribution in [3.8, 4) is 0 Å². The Bertz CT molecular complexity index is 372. The van der Waals surface area contributed by atoms with Crippen LogP contribution in [0.5, 0.6) is 0 Å². The molecule has 0 bridgehead atoms. The van der Waals surface area contributed by atoms with Crippen molar-refractivity contribution in [2.24, 2.45) is 0 Å². The molecular weight excluding hydrogens is 200 g/mol. The molecular formula is C10H10O5. The molecule has 0 heterocycles. The van der Waals surface area contributed by atoms with Crippen LogP contribution < -0.4 is 0 Å². The molecule has 0 fully saturated rings. The molecule has 0 aliphatic heterocycles. The van der Waals surface area contributed by atoms with Crippen molar-refractivity contribution in [1.29, 1.82) is 0 Å². The van der Waals surface area contributed by atoms with Gasteiger partial charge in [-0.3, -0.25) is 0 Å².